The molecule has 0 aliphatic rings. The summed E-state index contributed by atoms with van der Waals surface area (Å²) in [5.74, 6) is -0.533. The Balaban J connectivity index is 1.82. The molecule has 1 N–H and O–H groups in total. The molecule has 0 heterocycles. The van der Waals surface area contributed by atoms with Crippen molar-refractivity contribution < 1.29 is 22.7 Å². The van der Waals surface area contributed by atoms with Crippen LogP contribution in [0.3, 0.4) is 0 Å². The van der Waals surface area contributed by atoms with E-state index in [1.54, 1.807) is 42.5 Å². The molecule has 0 radical (unpaired) electrons. The molecule has 0 aliphatic heterocycles. The number of aryl methyl sites for hydroxylation is 1. The Morgan fingerprint density at radius 3 is 2.04 bits per heavy atom. The molecule has 236 valence electrons. The van der Waals surface area contributed by atoms with Gasteiger partial charge in [-0.25, -0.2) is 8.42 Å². The molecule has 0 fully saturated rings. The highest BCUT2D eigenvalue weighted by atomic mass is 32.2. The normalized spacial score (nSPS) is 12.5. The van der Waals surface area contributed by atoms with Gasteiger partial charge < -0.3 is 15.0 Å². The Bertz CT molecular complexity index is 1660. The molecule has 8 nitrogen and oxygen atoms in total. The topological polar surface area (TPSA) is 96.0 Å². The molecular weight excluding hydrogens is 586 g/mol. The van der Waals surface area contributed by atoms with Gasteiger partial charge in [-0.15, -0.1) is 0 Å². The Kier molecular flexibility index (Phi) is 11.4. The smallest absolute Gasteiger partial charge is 0.264 e. The third-order valence-electron chi connectivity index (χ3n) is 7.71. The lowest BCUT2D eigenvalue weighted by Crippen LogP contribution is -2.54. The predicted octanol–water partition coefficient (Wildman–Crippen LogP) is 5.75. The van der Waals surface area contributed by atoms with Crippen LogP contribution in [0.4, 0.5) is 5.69 Å². The van der Waals surface area contributed by atoms with Crippen LogP contribution in [0, 0.1) is 6.92 Å². The van der Waals surface area contributed by atoms with Gasteiger partial charge in [0.05, 0.1) is 17.7 Å². The Labute approximate surface area is 266 Å². The van der Waals surface area contributed by atoms with Crippen LogP contribution in [0.15, 0.2) is 114 Å². The number of nitrogens with one attached hydrogen (secondary N) is 1. The molecule has 0 saturated heterocycles. The monoisotopic (exact) mass is 627 g/mol. The highest BCUT2D eigenvalue weighted by molar-refractivity contribution is 7.92. The Hall–Kier alpha value is -4.63. The molecule has 0 unspecified atom stereocenters. The summed E-state index contributed by atoms with van der Waals surface area (Å²) in [4.78, 5) is 30.0. The van der Waals surface area contributed by atoms with Crippen molar-refractivity contribution >= 4 is 27.5 Å². The molecule has 45 heavy (non-hydrogen) atoms. The van der Waals surface area contributed by atoms with Gasteiger partial charge >= 0.3 is 0 Å². The number of carbonyl (C=O) groups is 2. The summed E-state index contributed by atoms with van der Waals surface area (Å²) in [6, 6.07) is 30.9. The summed E-state index contributed by atoms with van der Waals surface area (Å²) in [5.41, 5.74) is 2.97. The second kappa shape index (κ2) is 15.4. The molecule has 4 aromatic carbocycles. The molecule has 4 aromatic rings. The maximum Gasteiger partial charge on any atom is 0.264 e. The average Bonchev–Trinajstić information content (AvgIpc) is 3.06. The minimum absolute atomic E-state index is 0.0316. The number of nitrogens with zero attached hydrogens (tertiary/aromatic N) is 2. The average molecular weight is 628 g/mol. The minimum Gasteiger partial charge on any atom is -0.495 e. The van der Waals surface area contributed by atoms with Gasteiger partial charge in [-0.2, -0.15) is 0 Å². The largest absolute Gasteiger partial charge is 0.495 e. The Morgan fingerprint density at radius 2 is 1.42 bits per heavy atom. The lowest BCUT2D eigenvalue weighted by Gasteiger charge is -2.34. The van der Waals surface area contributed by atoms with E-state index in [1.807, 2.05) is 75.4 Å². The van der Waals surface area contributed by atoms with E-state index in [0.717, 1.165) is 21.0 Å². The number of amides is 2. The van der Waals surface area contributed by atoms with Crippen molar-refractivity contribution in [3.63, 3.8) is 0 Å². The van der Waals surface area contributed by atoms with Crippen molar-refractivity contribution in [2.24, 2.45) is 0 Å². The minimum atomic E-state index is -4.22. The Morgan fingerprint density at radius 1 is 0.822 bits per heavy atom. The summed E-state index contributed by atoms with van der Waals surface area (Å²) in [5, 5.41) is 3.05. The molecule has 2 atom stereocenters. The van der Waals surface area contributed by atoms with Crippen molar-refractivity contribution in [2.45, 2.75) is 57.1 Å². The first-order valence-corrected chi connectivity index (χ1v) is 16.5. The van der Waals surface area contributed by atoms with Crippen LogP contribution < -0.4 is 14.4 Å². The molecular formula is C36H41N3O5S. The number of carbonyl (C=O) groups excluding carboxylic acids is 2. The third kappa shape index (κ3) is 8.51. The van der Waals surface area contributed by atoms with E-state index in [0.29, 0.717) is 12.2 Å². The molecule has 2 amide bonds. The summed E-state index contributed by atoms with van der Waals surface area (Å²) in [6.07, 6.45) is 0.966. The number of methoxy groups -OCH3 is 1. The number of ether oxygens (including phenoxy) is 1. The first kappa shape index (κ1) is 33.3. The van der Waals surface area contributed by atoms with E-state index >= 15 is 0 Å². The van der Waals surface area contributed by atoms with E-state index in [9.17, 15) is 18.0 Å². The number of anilines is 1. The van der Waals surface area contributed by atoms with Crippen LogP contribution >= 0.6 is 0 Å². The van der Waals surface area contributed by atoms with Gasteiger partial charge in [0.15, 0.2) is 0 Å². The zero-order valence-corrected chi connectivity index (χ0v) is 27.0. The first-order valence-electron chi connectivity index (χ1n) is 15.0. The number of sulfonamides is 1. The quantitative estimate of drug-likeness (QED) is 0.192. The molecule has 4 rings (SSSR count). The van der Waals surface area contributed by atoms with Crippen LogP contribution in [0.2, 0.25) is 0 Å². The fourth-order valence-corrected chi connectivity index (χ4v) is 6.40. The lowest BCUT2D eigenvalue weighted by atomic mass is 10.0. The van der Waals surface area contributed by atoms with Crippen molar-refractivity contribution in [2.75, 3.05) is 18.0 Å². The van der Waals surface area contributed by atoms with Crippen molar-refractivity contribution in [3.05, 3.63) is 126 Å². The summed E-state index contributed by atoms with van der Waals surface area (Å²) in [7, 11) is -2.77. The number of para-hydroxylation sites is 2. The summed E-state index contributed by atoms with van der Waals surface area (Å²) < 4.78 is 34.9. The van der Waals surface area contributed by atoms with E-state index in [-0.39, 0.29) is 35.5 Å². The third-order valence-corrected chi connectivity index (χ3v) is 9.48. The highest BCUT2D eigenvalue weighted by Gasteiger charge is 2.35. The van der Waals surface area contributed by atoms with Gasteiger partial charge in [0.25, 0.3) is 10.0 Å². The molecule has 0 spiro atoms. The van der Waals surface area contributed by atoms with Crippen LogP contribution in [0.1, 0.15) is 37.0 Å². The fraction of sp³-hybridized carbons (Fsp3) is 0.278. The van der Waals surface area contributed by atoms with Gasteiger partial charge in [0, 0.05) is 19.0 Å². The molecule has 9 heteroatoms. The van der Waals surface area contributed by atoms with E-state index < -0.39 is 28.5 Å². The second-order valence-corrected chi connectivity index (χ2v) is 12.9. The van der Waals surface area contributed by atoms with Gasteiger partial charge in [0.1, 0.15) is 18.3 Å². The second-order valence-electron chi connectivity index (χ2n) is 11.0. The fourth-order valence-electron chi connectivity index (χ4n) is 4.95. The van der Waals surface area contributed by atoms with Gasteiger partial charge in [-0.05, 0) is 55.7 Å². The van der Waals surface area contributed by atoms with E-state index in [2.05, 4.69) is 5.32 Å². The standard InChI is InChI=1S/C36H41N3O5S/c1-5-28(3)37-36(41)33(24-29-14-8-6-9-15-29)38(25-30-22-20-27(2)21-23-30)35(40)26-39(32-18-12-13-19-34(32)44-4)45(42,43)31-16-10-7-11-17-31/h6-23,28,33H,5,24-26H2,1-4H3,(H,37,41)/t28-,33-/m1/s1. The maximum absolute atomic E-state index is 14.6. The zero-order chi connectivity index (χ0) is 32.4. The first-order chi connectivity index (χ1) is 21.6. The molecule has 0 aliphatic carbocycles. The summed E-state index contributed by atoms with van der Waals surface area (Å²) >= 11 is 0. The molecule has 0 saturated carbocycles. The number of hydrogen-bond donors (Lipinski definition) is 1. The van der Waals surface area contributed by atoms with Crippen LogP contribution in [-0.2, 0) is 32.6 Å². The van der Waals surface area contributed by atoms with E-state index in [4.69, 9.17) is 4.74 Å². The molecule has 0 bridgehead atoms. The highest BCUT2D eigenvalue weighted by Crippen LogP contribution is 2.32. The predicted molar refractivity (Wildman–Crippen MR) is 178 cm³/mol. The van der Waals surface area contributed by atoms with Crippen LogP contribution in [0.5, 0.6) is 5.75 Å². The van der Waals surface area contributed by atoms with Crippen molar-refractivity contribution in [3.8, 4) is 5.75 Å². The number of benzene rings is 4. The van der Waals surface area contributed by atoms with Crippen LogP contribution in [-0.4, -0.2) is 50.9 Å². The van der Waals surface area contributed by atoms with Gasteiger partial charge in [-0.1, -0.05) is 97.4 Å². The van der Waals surface area contributed by atoms with Gasteiger partial charge in [0.2, 0.25) is 11.8 Å². The lowest BCUT2D eigenvalue weighted by molar-refractivity contribution is -0.140. The molecule has 0 aromatic heterocycles. The van der Waals surface area contributed by atoms with Crippen molar-refractivity contribution in [1.29, 1.82) is 0 Å². The van der Waals surface area contributed by atoms with Crippen LogP contribution in [0.25, 0.3) is 0 Å². The van der Waals surface area contributed by atoms with Crippen molar-refractivity contribution in [1.82, 2.24) is 10.2 Å². The number of rotatable bonds is 14. The van der Waals surface area contributed by atoms with Gasteiger partial charge in [-0.3, -0.25) is 13.9 Å². The zero-order valence-electron chi connectivity index (χ0n) is 26.2. The summed E-state index contributed by atoms with van der Waals surface area (Å²) in [6.45, 7) is 5.43. The van der Waals surface area contributed by atoms with E-state index in [1.165, 1.54) is 24.1 Å². The maximum atomic E-state index is 14.6. The number of hydrogen-bond acceptors (Lipinski definition) is 5. The SMILES string of the molecule is CC[C@@H](C)NC(=O)[C@@H](Cc1ccccc1)N(Cc1ccc(C)cc1)C(=O)CN(c1ccccc1OC)S(=O)(=O)c1ccccc1.